The van der Waals surface area contributed by atoms with Crippen LogP contribution in [0.15, 0.2) is 18.2 Å². The first kappa shape index (κ1) is 12.7. The van der Waals surface area contributed by atoms with E-state index in [2.05, 4.69) is 10.3 Å². The third-order valence-corrected chi connectivity index (χ3v) is 4.24. The van der Waals surface area contributed by atoms with Crippen LogP contribution in [0.4, 0.5) is 10.9 Å². The van der Waals surface area contributed by atoms with E-state index in [1.807, 2.05) is 0 Å². The molecule has 2 aromatic rings. The zero-order valence-corrected chi connectivity index (χ0v) is 11.5. The minimum Gasteiger partial charge on any atom is -0.504 e. The summed E-state index contributed by atoms with van der Waals surface area (Å²) in [6.45, 7) is 0. The maximum Gasteiger partial charge on any atom is 0.226 e. The Balaban J connectivity index is 2.07. The second kappa shape index (κ2) is 4.68. The van der Waals surface area contributed by atoms with E-state index >= 15 is 0 Å². The summed E-state index contributed by atoms with van der Waals surface area (Å²) in [4.78, 5) is 16.8. The van der Waals surface area contributed by atoms with Crippen LogP contribution in [-0.2, 0) is 4.79 Å². The number of rotatable bonds is 2. The van der Waals surface area contributed by atoms with Gasteiger partial charge in [0.15, 0.2) is 16.6 Å². The van der Waals surface area contributed by atoms with Crippen molar-refractivity contribution in [1.29, 1.82) is 0 Å². The van der Waals surface area contributed by atoms with Gasteiger partial charge in [0.05, 0.1) is 12.0 Å². The molecule has 4 N–H and O–H groups in total. The topological polar surface area (TPSA) is 97.5 Å². The van der Waals surface area contributed by atoms with Gasteiger partial charge in [0, 0.05) is 12.3 Å². The van der Waals surface area contributed by atoms with Gasteiger partial charge >= 0.3 is 0 Å². The number of methoxy groups -OCH3 is 1. The van der Waals surface area contributed by atoms with Crippen molar-refractivity contribution in [3.05, 3.63) is 28.6 Å². The quantitative estimate of drug-likeness (QED) is 0.785. The van der Waals surface area contributed by atoms with E-state index in [0.29, 0.717) is 23.1 Å². The number of fused-ring (bicyclic) bond motifs is 1. The molecule has 0 saturated carbocycles. The molecule has 1 aliphatic heterocycles. The van der Waals surface area contributed by atoms with E-state index in [0.717, 1.165) is 10.4 Å². The maximum atomic E-state index is 11.8. The number of aromatic nitrogens is 1. The lowest BCUT2D eigenvalue weighted by Gasteiger charge is -2.22. The van der Waals surface area contributed by atoms with Crippen LogP contribution in [0.25, 0.3) is 0 Å². The summed E-state index contributed by atoms with van der Waals surface area (Å²) in [7, 11) is 1.49. The number of nitrogen functional groups attached to an aromatic ring is 1. The number of phenols is 1. The van der Waals surface area contributed by atoms with Crippen molar-refractivity contribution in [1.82, 2.24) is 4.98 Å². The van der Waals surface area contributed by atoms with Gasteiger partial charge in [-0.1, -0.05) is 17.4 Å². The number of carbonyl (C=O) groups excluding carboxylic acids is 1. The lowest BCUT2D eigenvalue weighted by Crippen LogP contribution is -2.22. The zero-order chi connectivity index (χ0) is 14.3. The molecule has 3 rings (SSSR count). The molecule has 0 radical (unpaired) electrons. The summed E-state index contributed by atoms with van der Waals surface area (Å²) in [5, 5.41) is 12.8. The van der Waals surface area contributed by atoms with Crippen LogP contribution in [0, 0.1) is 0 Å². The molecule has 0 saturated heterocycles. The first-order valence-electron chi connectivity index (χ1n) is 6.01. The lowest BCUT2D eigenvalue weighted by atomic mass is 9.91. The fourth-order valence-corrected chi connectivity index (χ4v) is 3.23. The largest absolute Gasteiger partial charge is 0.504 e. The van der Waals surface area contributed by atoms with Gasteiger partial charge in [0.1, 0.15) is 5.82 Å². The molecule has 1 aromatic carbocycles. The molecular weight excluding hydrogens is 278 g/mol. The van der Waals surface area contributed by atoms with Crippen LogP contribution in [0.3, 0.4) is 0 Å². The number of aromatic hydroxyl groups is 1. The van der Waals surface area contributed by atoms with Gasteiger partial charge < -0.3 is 20.9 Å². The Bertz CT molecular complexity index is 683. The van der Waals surface area contributed by atoms with Crippen LogP contribution in [-0.4, -0.2) is 23.1 Å². The third-order valence-electron chi connectivity index (χ3n) is 3.24. The highest BCUT2D eigenvalue weighted by Gasteiger charge is 2.30. The number of nitrogens with one attached hydrogen (secondary N) is 1. The summed E-state index contributed by atoms with van der Waals surface area (Å²) >= 11 is 1.36. The lowest BCUT2D eigenvalue weighted by molar-refractivity contribution is -0.116. The Morgan fingerprint density at radius 3 is 3.10 bits per heavy atom. The molecule has 7 heteroatoms. The van der Waals surface area contributed by atoms with Crippen LogP contribution < -0.4 is 15.8 Å². The average Bonchev–Trinajstić information content (AvgIpc) is 2.78. The Morgan fingerprint density at radius 1 is 1.55 bits per heavy atom. The number of thiazole rings is 1. The van der Waals surface area contributed by atoms with Gasteiger partial charge in [-0.15, -0.1) is 0 Å². The standard InChI is InChI=1S/C13H13N3O3S/c1-19-9-4-6(2-3-8(9)17)7-5-10(18)15-12-11(7)20-13(14)16-12/h2-4,7,17H,5H2,1H3,(H2,14,16)(H,15,18)/t7-/m1/s1. The number of nitrogens with zero attached hydrogens (tertiary/aromatic N) is 1. The fourth-order valence-electron chi connectivity index (χ4n) is 2.32. The summed E-state index contributed by atoms with van der Waals surface area (Å²) in [6, 6.07) is 5.07. The maximum absolute atomic E-state index is 11.8. The average molecular weight is 291 g/mol. The Hall–Kier alpha value is -2.28. The van der Waals surface area contributed by atoms with Gasteiger partial charge in [0.25, 0.3) is 0 Å². The highest BCUT2D eigenvalue weighted by molar-refractivity contribution is 7.16. The highest BCUT2D eigenvalue weighted by Crippen LogP contribution is 2.43. The minimum absolute atomic E-state index is 0.0700. The van der Waals surface area contributed by atoms with Gasteiger partial charge in [-0.2, -0.15) is 0 Å². The summed E-state index contributed by atoms with van der Waals surface area (Å²) in [5.74, 6) is 0.761. The molecule has 0 bridgehead atoms. The van der Waals surface area contributed by atoms with Gasteiger partial charge in [-0.25, -0.2) is 4.98 Å². The first-order chi connectivity index (χ1) is 9.58. The molecule has 6 nitrogen and oxygen atoms in total. The second-order valence-corrected chi connectivity index (χ2v) is 5.56. The van der Waals surface area contributed by atoms with Crippen LogP contribution in [0.5, 0.6) is 11.5 Å². The van der Waals surface area contributed by atoms with E-state index in [9.17, 15) is 9.90 Å². The molecule has 0 spiro atoms. The molecule has 0 aliphatic carbocycles. The van der Waals surface area contributed by atoms with Gasteiger partial charge in [0.2, 0.25) is 5.91 Å². The number of carbonyl (C=O) groups is 1. The molecule has 1 aliphatic rings. The van der Waals surface area contributed by atoms with E-state index in [1.165, 1.54) is 18.4 Å². The van der Waals surface area contributed by atoms with Gasteiger partial charge in [-0.3, -0.25) is 4.79 Å². The summed E-state index contributed by atoms with van der Waals surface area (Å²) in [5.41, 5.74) is 6.60. The van der Waals surface area contributed by atoms with Crippen molar-refractivity contribution in [3.63, 3.8) is 0 Å². The zero-order valence-electron chi connectivity index (χ0n) is 10.7. The van der Waals surface area contributed by atoms with E-state index in [4.69, 9.17) is 10.5 Å². The highest BCUT2D eigenvalue weighted by atomic mass is 32.1. The molecule has 1 amide bonds. The SMILES string of the molecule is COc1cc([C@H]2CC(=O)Nc3nc(N)sc32)ccc1O. The van der Waals surface area contributed by atoms with Crippen molar-refractivity contribution < 1.29 is 14.6 Å². The molecule has 104 valence electrons. The fraction of sp³-hybridized carbons (Fsp3) is 0.231. The molecule has 0 fully saturated rings. The number of benzene rings is 1. The minimum atomic E-state index is -0.122. The smallest absolute Gasteiger partial charge is 0.226 e. The molecule has 1 atom stereocenters. The predicted molar refractivity (Wildman–Crippen MR) is 76.3 cm³/mol. The van der Waals surface area contributed by atoms with E-state index < -0.39 is 0 Å². The monoisotopic (exact) mass is 291 g/mol. The predicted octanol–water partition coefficient (Wildman–Crippen LogP) is 1.91. The van der Waals surface area contributed by atoms with Crippen LogP contribution >= 0.6 is 11.3 Å². The van der Waals surface area contributed by atoms with Crippen molar-refractivity contribution in [2.24, 2.45) is 0 Å². The molecule has 2 heterocycles. The number of ether oxygens (including phenoxy) is 1. The third kappa shape index (κ3) is 2.05. The molecule has 0 unspecified atom stereocenters. The molecule has 20 heavy (non-hydrogen) atoms. The Kier molecular flexibility index (Phi) is 2.98. The van der Waals surface area contributed by atoms with Crippen molar-refractivity contribution in [3.8, 4) is 11.5 Å². The summed E-state index contributed by atoms with van der Waals surface area (Å²) in [6.07, 6.45) is 0.322. The number of anilines is 2. The molecule has 1 aromatic heterocycles. The Labute approximate surface area is 119 Å². The number of hydrogen-bond donors (Lipinski definition) is 3. The van der Waals surface area contributed by atoms with E-state index in [-0.39, 0.29) is 17.6 Å². The summed E-state index contributed by atoms with van der Waals surface area (Å²) < 4.78 is 5.11. The number of hydrogen-bond acceptors (Lipinski definition) is 6. The normalized spacial score (nSPS) is 17.4. The number of nitrogens with two attached hydrogens (primary N) is 1. The number of amides is 1. The van der Waals surface area contributed by atoms with E-state index in [1.54, 1.807) is 18.2 Å². The number of phenolic OH excluding ortho intramolecular Hbond substituents is 1. The van der Waals surface area contributed by atoms with Crippen LogP contribution in [0.2, 0.25) is 0 Å². The van der Waals surface area contributed by atoms with Gasteiger partial charge in [-0.05, 0) is 17.7 Å². The van der Waals surface area contributed by atoms with Crippen molar-refractivity contribution in [2.75, 3.05) is 18.2 Å². The van der Waals surface area contributed by atoms with Crippen LogP contribution in [0.1, 0.15) is 22.8 Å². The second-order valence-electron chi connectivity index (χ2n) is 4.50. The first-order valence-corrected chi connectivity index (χ1v) is 6.83. The van der Waals surface area contributed by atoms with Crippen molar-refractivity contribution >= 4 is 28.2 Å². The van der Waals surface area contributed by atoms with Crippen molar-refractivity contribution in [2.45, 2.75) is 12.3 Å². The Morgan fingerprint density at radius 2 is 2.35 bits per heavy atom. The molecular formula is C13H13N3O3S.